The van der Waals surface area contributed by atoms with Crippen LogP contribution in [0.3, 0.4) is 0 Å². The zero-order chi connectivity index (χ0) is 25.4. The molecule has 0 aromatic rings. The van der Waals surface area contributed by atoms with Crippen LogP contribution in [0.5, 0.6) is 0 Å². The number of carbonyl (C=O) groups excluding carboxylic acids is 2. The van der Waals surface area contributed by atoms with Gasteiger partial charge >= 0.3 is 6.18 Å². The monoisotopic (exact) mass is 528 g/mol. The Kier molecular flexibility index (Phi) is 7.88. The maximum absolute atomic E-state index is 13.8. The Morgan fingerprint density at radius 3 is 2.37 bits per heavy atom. The molecule has 5 fully saturated rings. The number of ether oxygens (including phenoxy) is 1. The summed E-state index contributed by atoms with van der Waals surface area (Å²) in [5.74, 6) is -0.794. The average molecular weight is 529 g/mol. The number of aliphatic hydroxyl groups is 1. The summed E-state index contributed by atoms with van der Waals surface area (Å²) in [6.45, 7) is -0.780. The molecule has 8 nitrogen and oxygen atoms in total. The minimum Gasteiger partial charge on any atom is -0.391 e. The fourth-order valence-corrected chi connectivity index (χ4v) is 6.02. The third kappa shape index (κ3) is 6.03. The molecule has 1 heterocycles. The van der Waals surface area contributed by atoms with E-state index >= 15 is 0 Å². The van der Waals surface area contributed by atoms with Gasteiger partial charge in [0, 0.05) is 25.0 Å². The van der Waals surface area contributed by atoms with E-state index in [4.69, 9.17) is 16.3 Å². The summed E-state index contributed by atoms with van der Waals surface area (Å²) in [7, 11) is 0. The molecule has 0 spiro atoms. The fourth-order valence-electron chi connectivity index (χ4n) is 5.79. The normalized spacial score (nSPS) is 41.9. The molecule has 13 heteroatoms. The number of carbonyl (C=O) groups is 2. The topological polar surface area (TPSA) is 112 Å². The van der Waals surface area contributed by atoms with Crippen LogP contribution in [0.2, 0.25) is 0 Å². The molecular weight excluding hydrogens is 496 g/mol. The average Bonchev–Trinajstić information content (AvgIpc) is 2.80. The van der Waals surface area contributed by atoms with Gasteiger partial charge in [0.15, 0.2) is 0 Å². The molecule has 2 amide bonds. The van der Waals surface area contributed by atoms with Crippen LogP contribution in [0.1, 0.15) is 51.4 Å². The fraction of sp³-hybridized carbons (Fsp3) is 0.909. The van der Waals surface area contributed by atoms with Gasteiger partial charge in [0.1, 0.15) is 18.8 Å². The number of nitrogens with one attached hydrogen (secondary N) is 4. The second kappa shape index (κ2) is 10.3. The third-order valence-electron chi connectivity index (χ3n) is 8.04. The number of rotatable bonds is 6. The molecule has 0 radical (unpaired) electrons. The molecule has 5 aliphatic rings. The molecule has 0 aromatic carbocycles. The molecule has 200 valence electrons. The predicted molar refractivity (Wildman–Crippen MR) is 119 cm³/mol. The second-order valence-corrected chi connectivity index (χ2v) is 11.0. The van der Waals surface area contributed by atoms with E-state index in [9.17, 15) is 32.3 Å². The van der Waals surface area contributed by atoms with Gasteiger partial charge in [-0.3, -0.25) is 9.59 Å². The summed E-state index contributed by atoms with van der Waals surface area (Å²) in [5, 5.41) is 21.2. The Bertz CT molecular complexity index is 788. The van der Waals surface area contributed by atoms with Crippen molar-refractivity contribution in [3.63, 3.8) is 0 Å². The molecule has 4 aliphatic carbocycles. The number of piperazine rings is 1. The van der Waals surface area contributed by atoms with Crippen molar-refractivity contribution in [1.82, 2.24) is 21.3 Å². The van der Waals surface area contributed by atoms with Crippen molar-refractivity contribution < 1.29 is 37.0 Å². The van der Waals surface area contributed by atoms with Gasteiger partial charge in [0.2, 0.25) is 11.8 Å². The van der Waals surface area contributed by atoms with Crippen molar-refractivity contribution in [2.75, 3.05) is 19.7 Å². The van der Waals surface area contributed by atoms with E-state index in [-0.39, 0.29) is 38.0 Å². The third-order valence-corrected chi connectivity index (χ3v) is 8.53. The van der Waals surface area contributed by atoms with Gasteiger partial charge in [-0.15, -0.1) is 11.6 Å². The quantitative estimate of drug-likeness (QED) is 0.260. The molecule has 1 saturated heterocycles. The Hall–Kier alpha value is -1.21. The number of hydrogen-bond donors (Lipinski definition) is 5. The van der Waals surface area contributed by atoms with Crippen LogP contribution in [0.25, 0.3) is 0 Å². The highest BCUT2D eigenvalue weighted by Gasteiger charge is 2.55. The molecule has 1 aliphatic heterocycles. The lowest BCUT2D eigenvalue weighted by Crippen LogP contribution is -2.72. The summed E-state index contributed by atoms with van der Waals surface area (Å²) in [4.78, 5) is 25.3. The molecular formula is C22H33ClF4N4O4. The largest absolute Gasteiger partial charge is 0.405 e. The van der Waals surface area contributed by atoms with Crippen LogP contribution in [0.4, 0.5) is 17.6 Å². The lowest BCUT2D eigenvalue weighted by molar-refractivity contribution is -0.160. The predicted octanol–water partition coefficient (Wildman–Crippen LogP) is 1.04. The maximum atomic E-state index is 13.8. The van der Waals surface area contributed by atoms with Crippen molar-refractivity contribution in [2.45, 2.75) is 104 Å². The first-order chi connectivity index (χ1) is 16.4. The van der Waals surface area contributed by atoms with E-state index < -0.39 is 59.4 Å². The number of aliphatic hydroxyl groups excluding tert-OH is 1. The van der Waals surface area contributed by atoms with E-state index in [1.165, 1.54) is 0 Å². The molecule has 4 saturated carbocycles. The van der Waals surface area contributed by atoms with Crippen molar-refractivity contribution in [2.24, 2.45) is 0 Å². The number of halogens is 5. The van der Waals surface area contributed by atoms with Crippen LogP contribution >= 0.6 is 11.6 Å². The van der Waals surface area contributed by atoms with Crippen LogP contribution in [0, 0.1) is 0 Å². The van der Waals surface area contributed by atoms with Gasteiger partial charge in [-0.25, -0.2) is 4.39 Å². The lowest BCUT2D eigenvalue weighted by Gasteiger charge is -2.56. The molecule has 5 unspecified atom stereocenters. The van der Waals surface area contributed by atoms with E-state index in [0.717, 1.165) is 0 Å². The highest BCUT2D eigenvalue weighted by Crippen LogP contribution is 2.47. The lowest BCUT2D eigenvalue weighted by atomic mass is 9.59. The Balaban J connectivity index is 1.24. The smallest absolute Gasteiger partial charge is 0.391 e. The first-order valence-corrected chi connectivity index (χ1v) is 12.6. The standard InChI is InChI=1S/C22H33ClF4N4O4/c23-13-2-1-12(7-14(13)24)35-11-18(33)30-21-5-3-20(4-6-21,8-17(21)32)31-19(34)15-9-29-16(10-28-15)22(25,26)27/h12-17,28-29,32H,1-11H2,(H,30,33)(H,31,34)/t12?,13?,14?,15?,16?,17-,20?,21?/m0/s1. The first-order valence-electron chi connectivity index (χ1n) is 12.2. The molecule has 35 heavy (non-hydrogen) atoms. The minimum absolute atomic E-state index is 0.148. The van der Waals surface area contributed by atoms with Gasteiger partial charge in [0.25, 0.3) is 0 Å². The first kappa shape index (κ1) is 26.8. The highest BCUT2D eigenvalue weighted by molar-refractivity contribution is 6.21. The van der Waals surface area contributed by atoms with E-state index in [2.05, 4.69) is 21.3 Å². The van der Waals surface area contributed by atoms with Crippen molar-refractivity contribution in [1.29, 1.82) is 0 Å². The molecule has 6 atom stereocenters. The van der Waals surface area contributed by atoms with Crippen LogP contribution < -0.4 is 21.3 Å². The van der Waals surface area contributed by atoms with Gasteiger partial charge < -0.3 is 31.1 Å². The SMILES string of the molecule is O=C(COC1CCC(Cl)C(F)C1)NC12CCC(NC(=O)C3CNC(C(F)(F)F)CN3)(CC1)C[C@@H]2O. The number of amides is 2. The van der Waals surface area contributed by atoms with Crippen LogP contribution in [-0.2, 0) is 14.3 Å². The second-order valence-electron chi connectivity index (χ2n) is 10.4. The summed E-state index contributed by atoms with van der Waals surface area (Å²) in [5.41, 5.74) is -1.49. The summed E-state index contributed by atoms with van der Waals surface area (Å²) in [6.07, 6.45) is -3.45. The van der Waals surface area contributed by atoms with E-state index in [1.54, 1.807) is 0 Å². The minimum atomic E-state index is -4.39. The number of hydrogen-bond acceptors (Lipinski definition) is 6. The molecule has 0 aromatic heterocycles. The van der Waals surface area contributed by atoms with Gasteiger partial charge in [-0.05, 0) is 44.9 Å². The number of fused-ring (bicyclic) bond motifs is 3. The molecule has 2 bridgehead atoms. The van der Waals surface area contributed by atoms with Gasteiger partial charge in [0.05, 0.1) is 29.2 Å². The van der Waals surface area contributed by atoms with Gasteiger partial charge in [-0.1, -0.05) is 0 Å². The molecule has 5 N–H and O–H groups in total. The van der Waals surface area contributed by atoms with Crippen molar-refractivity contribution >= 4 is 23.4 Å². The number of alkyl halides is 5. The van der Waals surface area contributed by atoms with Crippen LogP contribution in [0.15, 0.2) is 0 Å². The Labute approximate surface area is 206 Å². The highest BCUT2D eigenvalue weighted by atomic mass is 35.5. The van der Waals surface area contributed by atoms with Crippen molar-refractivity contribution in [3.8, 4) is 0 Å². The summed E-state index contributed by atoms with van der Waals surface area (Å²) < 4.78 is 57.8. The summed E-state index contributed by atoms with van der Waals surface area (Å²) >= 11 is 5.88. The van der Waals surface area contributed by atoms with E-state index in [1.807, 2.05) is 0 Å². The molecule has 5 rings (SSSR count). The zero-order valence-electron chi connectivity index (χ0n) is 19.3. The van der Waals surface area contributed by atoms with Crippen LogP contribution in [-0.4, -0.2) is 89.7 Å². The van der Waals surface area contributed by atoms with E-state index in [0.29, 0.717) is 38.5 Å². The Morgan fingerprint density at radius 1 is 1.09 bits per heavy atom. The summed E-state index contributed by atoms with van der Waals surface area (Å²) in [6, 6.07) is -2.50. The maximum Gasteiger partial charge on any atom is 0.405 e. The Morgan fingerprint density at radius 2 is 1.80 bits per heavy atom. The van der Waals surface area contributed by atoms with Crippen molar-refractivity contribution in [3.05, 3.63) is 0 Å². The van der Waals surface area contributed by atoms with Gasteiger partial charge in [-0.2, -0.15) is 13.2 Å². The zero-order valence-corrected chi connectivity index (χ0v) is 20.1.